The maximum Gasteiger partial charge on any atom is 0.234 e. The zero-order valence-electron chi connectivity index (χ0n) is 7.56. The van der Waals surface area contributed by atoms with Crippen molar-refractivity contribution in [1.29, 1.82) is 10.5 Å². The Kier molecular flexibility index (Phi) is 7.05. The van der Waals surface area contributed by atoms with E-state index >= 15 is 0 Å². The van der Waals surface area contributed by atoms with Gasteiger partial charge in [-0.3, -0.25) is 4.79 Å². The van der Waals surface area contributed by atoms with Crippen LogP contribution in [0.2, 0.25) is 0 Å². The van der Waals surface area contributed by atoms with Crippen molar-refractivity contribution in [2.45, 2.75) is 0 Å². The van der Waals surface area contributed by atoms with Crippen LogP contribution in [0, 0.1) is 35.0 Å². The predicted octanol–water partition coefficient (Wildman–Crippen LogP) is 0.229. The summed E-state index contributed by atoms with van der Waals surface area (Å²) in [5.41, 5.74) is 0. The number of hydrogen-bond acceptors (Lipinski definition) is 4. The first-order valence-electron chi connectivity index (χ1n) is 3.79. The summed E-state index contributed by atoms with van der Waals surface area (Å²) >= 11 is 1.21. The quantitative estimate of drug-likeness (QED) is 0.367. The molecule has 1 amide bonds. The largest absolute Gasteiger partial charge is 0.318 e. The summed E-state index contributed by atoms with van der Waals surface area (Å²) in [6.07, 6.45) is 5.04. The molecular weight excluding hydrogens is 198 g/mol. The van der Waals surface area contributed by atoms with E-state index in [1.54, 1.807) is 0 Å². The highest BCUT2D eigenvalue weighted by Gasteiger charge is 2.11. The summed E-state index contributed by atoms with van der Waals surface area (Å²) < 4.78 is 0. The zero-order chi connectivity index (χ0) is 10.8. The Hall–Kier alpha value is -1.64. The number of nitrogens with zero attached hydrogens (tertiary/aromatic N) is 3. The van der Waals surface area contributed by atoms with Crippen molar-refractivity contribution in [3.05, 3.63) is 0 Å². The van der Waals surface area contributed by atoms with Crippen LogP contribution in [-0.2, 0) is 4.79 Å². The lowest BCUT2D eigenvalue weighted by Gasteiger charge is -2.15. The van der Waals surface area contributed by atoms with E-state index in [0.717, 1.165) is 0 Å². The molecule has 0 heterocycles. The van der Waals surface area contributed by atoms with Crippen LogP contribution in [-0.4, -0.2) is 35.4 Å². The summed E-state index contributed by atoms with van der Waals surface area (Å²) in [5, 5.41) is 16.7. The van der Waals surface area contributed by atoms with Crippen LogP contribution in [0.5, 0.6) is 0 Å². The molecule has 0 aromatic rings. The average molecular weight is 207 g/mol. The fourth-order valence-corrected chi connectivity index (χ4v) is 1.25. The molecule has 0 N–H and O–H groups in total. The first-order chi connectivity index (χ1) is 6.76. The summed E-state index contributed by atoms with van der Waals surface area (Å²) in [6.45, 7) is 0.135. The average Bonchev–Trinajstić information content (AvgIpc) is 2.18. The van der Waals surface area contributed by atoms with Gasteiger partial charge in [0.1, 0.15) is 6.54 Å². The molecule has 0 bridgehead atoms. The second-order valence-corrected chi connectivity index (χ2v) is 3.25. The molecule has 14 heavy (non-hydrogen) atoms. The molecule has 0 aromatic heterocycles. The van der Waals surface area contributed by atoms with E-state index in [0.29, 0.717) is 0 Å². The van der Waals surface area contributed by atoms with E-state index < -0.39 is 0 Å². The Labute approximate surface area is 87.5 Å². The molecular formula is C9H9N3OS. The van der Waals surface area contributed by atoms with Gasteiger partial charge in [-0.25, -0.2) is 0 Å². The second kappa shape index (κ2) is 7.98. The number of amides is 1. The van der Waals surface area contributed by atoms with E-state index in [9.17, 15) is 4.79 Å². The minimum absolute atomic E-state index is 0.00382. The second-order valence-electron chi connectivity index (χ2n) is 2.26. The smallest absolute Gasteiger partial charge is 0.234 e. The summed E-state index contributed by atoms with van der Waals surface area (Å²) in [6, 6.07) is 3.77. The van der Waals surface area contributed by atoms with Gasteiger partial charge in [-0.05, 0) is 0 Å². The van der Waals surface area contributed by atoms with Crippen molar-refractivity contribution in [1.82, 2.24) is 4.90 Å². The summed E-state index contributed by atoms with van der Waals surface area (Å²) in [7, 11) is 0. The normalized spacial score (nSPS) is 8.07. The molecule has 0 aliphatic carbocycles. The van der Waals surface area contributed by atoms with Crippen LogP contribution < -0.4 is 0 Å². The number of thioether (sulfide) groups is 1. The third-order valence-corrected chi connectivity index (χ3v) is 2.07. The molecule has 0 atom stereocenters. The molecule has 0 aliphatic heterocycles. The molecule has 0 fully saturated rings. The van der Waals surface area contributed by atoms with Gasteiger partial charge >= 0.3 is 0 Å². The fraction of sp³-hybridized carbons (Fsp3) is 0.444. The monoisotopic (exact) mass is 207 g/mol. The van der Waals surface area contributed by atoms with Crippen LogP contribution >= 0.6 is 11.8 Å². The molecule has 0 unspecified atom stereocenters. The molecule has 0 aliphatic rings. The highest BCUT2D eigenvalue weighted by Crippen LogP contribution is 2.01. The number of carbonyl (C=O) groups excluding carboxylic acids is 1. The lowest BCUT2D eigenvalue weighted by Crippen LogP contribution is -2.33. The predicted molar refractivity (Wildman–Crippen MR) is 54.0 cm³/mol. The SMILES string of the molecule is C#CCN(CC#N)C(=O)CSCC#N. The molecule has 0 radical (unpaired) electrons. The Balaban J connectivity index is 3.99. The molecule has 0 saturated heterocycles. The van der Waals surface area contributed by atoms with Crippen molar-refractivity contribution >= 4 is 17.7 Å². The fourth-order valence-electron chi connectivity index (χ4n) is 0.703. The number of terminal acetylenes is 1. The first-order valence-corrected chi connectivity index (χ1v) is 4.94. The Morgan fingerprint density at radius 2 is 2.07 bits per heavy atom. The van der Waals surface area contributed by atoms with Crippen molar-refractivity contribution < 1.29 is 4.79 Å². The Bertz CT molecular complexity index is 291. The lowest BCUT2D eigenvalue weighted by molar-refractivity contribution is -0.127. The van der Waals surface area contributed by atoms with E-state index in [4.69, 9.17) is 16.9 Å². The molecule has 72 valence electrons. The topological polar surface area (TPSA) is 67.9 Å². The van der Waals surface area contributed by atoms with Gasteiger partial charge in [-0.1, -0.05) is 5.92 Å². The molecule has 0 saturated carbocycles. The van der Waals surface area contributed by atoms with Gasteiger partial charge in [0, 0.05) is 0 Å². The molecule has 0 rings (SSSR count). The third kappa shape index (κ3) is 5.09. The summed E-state index contributed by atoms with van der Waals surface area (Å²) in [5.74, 6) is 2.56. The Morgan fingerprint density at radius 1 is 1.36 bits per heavy atom. The van der Waals surface area contributed by atoms with Crippen molar-refractivity contribution in [3.8, 4) is 24.5 Å². The number of hydrogen-bond donors (Lipinski definition) is 0. The van der Waals surface area contributed by atoms with Crippen LogP contribution in [0.15, 0.2) is 0 Å². The van der Waals surface area contributed by atoms with Gasteiger partial charge in [0.25, 0.3) is 0 Å². The van der Waals surface area contributed by atoms with Gasteiger partial charge in [-0.15, -0.1) is 18.2 Å². The van der Waals surface area contributed by atoms with Crippen molar-refractivity contribution in [2.24, 2.45) is 0 Å². The molecule has 5 heteroatoms. The van der Waals surface area contributed by atoms with Crippen LogP contribution in [0.1, 0.15) is 0 Å². The van der Waals surface area contributed by atoms with Gasteiger partial charge in [0.15, 0.2) is 0 Å². The summed E-state index contributed by atoms with van der Waals surface area (Å²) in [4.78, 5) is 12.6. The first kappa shape index (κ1) is 12.4. The zero-order valence-corrected chi connectivity index (χ0v) is 8.38. The van der Waals surface area contributed by atoms with Gasteiger partial charge in [0.05, 0.1) is 30.2 Å². The van der Waals surface area contributed by atoms with E-state index in [1.165, 1.54) is 16.7 Å². The molecule has 0 aromatic carbocycles. The van der Waals surface area contributed by atoms with E-state index in [2.05, 4.69) is 5.92 Å². The van der Waals surface area contributed by atoms with E-state index in [-0.39, 0.29) is 30.5 Å². The van der Waals surface area contributed by atoms with Crippen LogP contribution in [0.25, 0.3) is 0 Å². The number of carbonyl (C=O) groups is 1. The lowest BCUT2D eigenvalue weighted by atomic mass is 10.4. The van der Waals surface area contributed by atoms with Crippen molar-refractivity contribution in [3.63, 3.8) is 0 Å². The van der Waals surface area contributed by atoms with E-state index in [1.807, 2.05) is 12.1 Å². The van der Waals surface area contributed by atoms with Gasteiger partial charge in [0.2, 0.25) is 5.91 Å². The minimum atomic E-state index is -0.204. The van der Waals surface area contributed by atoms with Gasteiger partial charge in [-0.2, -0.15) is 10.5 Å². The third-order valence-electron chi connectivity index (χ3n) is 1.29. The maximum atomic E-state index is 11.3. The van der Waals surface area contributed by atoms with Crippen molar-refractivity contribution in [2.75, 3.05) is 24.6 Å². The standard InChI is InChI=1S/C9H9N3OS/c1-2-5-12(6-3-10)9(13)8-14-7-4-11/h1H,5-8H2. The van der Waals surface area contributed by atoms with Crippen LogP contribution in [0.3, 0.4) is 0 Å². The number of rotatable bonds is 5. The molecule has 4 nitrogen and oxygen atoms in total. The van der Waals surface area contributed by atoms with Crippen LogP contribution in [0.4, 0.5) is 0 Å². The highest BCUT2D eigenvalue weighted by atomic mass is 32.2. The highest BCUT2D eigenvalue weighted by molar-refractivity contribution is 8.00. The minimum Gasteiger partial charge on any atom is -0.318 e. The van der Waals surface area contributed by atoms with Gasteiger partial charge < -0.3 is 4.90 Å². The Morgan fingerprint density at radius 3 is 2.57 bits per heavy atom. The number of nitriles is 2. The maximum absolute atomic E-state index is 11.3. The molecule has 0 spiro atoms.